The van der Waals surface area contributed by atoms with E-state index in [9.17, 15) is 14.0 Å². The molecule has 1 atom stereocenters. The number of alkyl halides is 1. The number of carbonyl (C=O) groups is 2. The van der Waals surface area contributed by atoms with Gasteiger partial charge < -0.3 is 5.11 Å². The molecule has 3 nitrogen and oxygen atoms in total. The molecule has 0 rings (SSSR count). The number of carbonyl (C=O) groups excluding carboxylic acids is 1. The van der Waals surface area contributed by atoms with Crippen LogP contribution in [0.1, 0.15) is 20.3 Å². The summed E-state index contributed by atoms with van der Waals surface area (Å²) in [5, 5.41) is 8.15. The third kappa shape index (κ3) is 1.52. The lowest BCUT2D eigenvalue weighted by atomic mass is 10.0. The largest absolute Gasteiger partial charge is 0.479 e. The zero-order valence-corrected chi connectivity index (χ0v) is 5.85. The molecular formula is C6H9FO3. The first kappa shape index (κ1) is 9.07. The third-order valence-electron chi connectivity index (χ3n) is 1.25. The highest BCUT2D eigenvalue weighted by molar-refractivity contribution is 6.05. The Morgan fingerprint density at radius 1 is 1.60 bits per heavy atom. The molecule has 0 aliphatic rings. The number of Topliss-reactive ketones (excluding diaryl/α,β-unsaturated/α-hetero) is 1. The summed E-state index contributed by atoms with van der Waals surface area (Å²) >= 11 is 0. The van der Waals surface area contributed by atoms with Crippen molar-refractivity contribution in [3.8, 4) is 0 Å². The standard InChI is InChI=1S/C6H9FO3/c1-3-4(8)6(2,7)5(9)10/h3H2,1-2H3,(H,9,10). The topological polar surface area (TPSA) is 54.4 Å². The summed E-state index contributed by atoms with van der Waals surface area (Å²) in [6.07, 6.45) is -0.0979. The van der Waals surface area contributed by atoms with Crippen LogP contribution < -0.4 is 0 Å². The molecule has 4 heteroatoms. The second-order valence-electron chi connectivity index (χ2n) is 2.08. The quantitative estimate of drug-likeness (QED) is 0.601. The summed E-state index contributed by atoms with van der Waals surface area (Å²) in [5.41, 5.74) is -2.71. The first-order valence-electron chi connectivity index (χ1n) is 2.88. The molecule has 0 saturated heterocycles. The monoisotopic (exact) mass is 148 g/mol. The van der Waals surface area contributed by atoms with E-state index in [4.69, 9.17) is 5.11 Å². The molecule has 1 N–H and O–H groups in total. The molecule has 0 aliphatic carbocycles. The van der Waals surface area contributed by atoms with Crippen molar-refractivity contribution in [3.63, 3.8) is 0 Å². The van der Waals surface area contributed by atoms with E-state index in [0.29, 0.717) is 0 Å². The maximum absolute atomic E-state index is 12.7. The molecule has 0 aromatic heterocycles. The van der Waals surface area contributed by atoms with Crippen molar-refractivity contribution in [2.45, 2.75) is 25.9 Å². The fraction of sp³-hybridized carbons (Fsp3) is 0.667. The Bertz CT molecular complexity index is 162. The minimum Gasteiger partial charge on any atom is -0.479 e. The Morgan fingerprint density at radius 2 is 2.00 bits per heavy atom. The van der Waals surface area contributed by atoms with Crippen LogP contribution in [0, 0.1) is 0 Å². The van der Waals surface area contributed by atoms with E-state index in [1.54, 1.807) is 0 Å². The summed E-state index contributed by atoms with van der Waals surface area (Å²) in [6.45, 7) is 2.17. The Balaban J connectivity index is 4.40. The van der Waals surface area contributed by atoms with E-state index in [2.05, 4.69) is 0 Å². The van der Waals surface area contributed by atoms with Crippen LogP contribution in [0.3, 0.4) is 0 Å². The van der Waals surface area contributed by atoms with Crippen molar-refractivity contribution in [2.24, 2.45) is 0 Å². The number of hydrogen-bond acceptors (Lipinski definition) is 2. The van der Waals surface area contributed by atoms with E-state index in [0.717, 1.165) is 6.92 Å². The fourth-order valence-electron chi connectivity index (χ4n) is 0.451. The van der Waals surface area contributed by atoms with Crippen LogP contribution in [0.4, 0.5) is 4.39 Å². The lowest BCUT2D eigenvalue weighted by molar-refractivity contribution is -0.155. The molecule has 0 spiro atoms. The maximum atomic E-state index is 12.7. The van der Waals surface area contributed by atoms with Gasteiger partial charge in [0.25, 0.3) is 5.67 Å². The van der Waals surface area contributed by atoms with Gasteiger partial charge in [-0.25, -0.2) is 9.18 Å². The highest BCUT2D eigenvalue weighted by Gasteiger charge is 2.39. The predicted molar refractivity (Wildman–Crippen MR) is 32.4 cm³/mol. The van der Waals surface area contributed by atoms with Crippen molar-refractivity contribution >= 4 is 11.8 Å². The van der Waals surface area contributed by atoms with E-state index in [-0.39, 0.29) is 6.42 Å². The van der Waals surface area contributed by atoms with E-state index >= 15 is 0 Å². The van der Waals surface area contributed by atoms with Gasteiger partial charge in [-0.15, -0.1) is 0 Å². The van der Waals surface area contributed by atoms with Gasteiger partial charge in [-0.1, -0.05) is 6.92 Å². The second-order valence-corrected chi connectivity index (χ2v) is 2.08. The van der Waals surface area contributed by atoms with Crippen LogP contribution in [0.15, 0.2) is 0 Å². The number of hydrogen-bond donors (Lipinski definition) is 1. The average Bonchev–Trinajstić information content (AvgIpc) is 1.86. The molecule has 58 valence electrons. The number of carboxylic acids is 1. The molecule has 10 heavy (non-hydrogen) atoms. The van der Waals surface area contributed by atoms with Crippen LogP contribution in [-0.2, 0) is 9.59 Å². The van der Waals surface area contributed by atoms with Gasteiger partial charge in [-0.3, -0.25) is 4.79 Å². The van der Waals surface area contributed by atoms with Gasteiger partial charge in [0.05, 0.1) is 0 Å². The number of aliphatic carboxylic acids is 1. The van der Waals surface area contributed by atoms with Gasteiger partial charge in [0.15, 0.2) is 5.78 Å². The van der Waals surface area contributed by atoms with Crippen molar-refractivity contribution < 1.29 is 19.1 Å². The molecule has 0 aromatic rings. The van der Waals surface area contributed by atoms with Gasteiger partial charge in [-0.2, -0.15) is 0 Å². The van der Waals surface area contributed by atoms with Crippen LogP contribution in [-0.4, -0.2) is 22.5 Å². The number of halogens is 1. The van der Waals surface area contributed by atoms with Crippen LogP contribution in [0.5, 0.6) is 0 Å². The van der Waals surface area contributed by atoms with Crippen molar-refractivity contribution in [1.82, 2.24) is 0 Å². The minimum atomic E-state index is -2.71. The lowest BCUT2D eigenvalue weighted by Crippen LogP contribution is -2.38. The Hall–Kier alpha value is -0.930. The molecule has 1 unspecified atom stereocenters. The van der Waals surface area contributed by atoms with Crippen molar-refractivity contribution in [2.75, 3.05) is 0 Å². The average molecular weight is 148 g/mol. The molecule has 0 saturated carbocycles. The van der Waals surface area contributed by atoms with Gasteiger partial charge in [-0.05, 0) is 6.92 Å². The SMILES string of the molecule is CCC(=O)C(C)(F)C(=O)O. The van der Waals surface area contributed by atoms with Gasteiger partial charge in [0.2, 0.25) is 0 Å². The molecule has 0 heterocycles. The second kappa shape index (κ2) is 2.77. The first-order valence-corrected chi connectivity index (χ1v) is 2.88. The molecular weight excluding hydrogens is 139 g/mol. The zero-order chi connectivity index (χ0) is 8.36. The van der Waals surface area contributed by atoms with Crippen molar-refractivity contribution in [1.29, 1.82) is 0 Å². The molecule has 0 aliphatic heterocycles. The molecule has 0 radical (unpaired) electrons. The summed E-state index contributed by atoms with van der Waals surface area (Å²) < 4.78 is 12.7. The summed E-state index contributed by atoms with van der Waals surface area (Å²) in [4.78, 5) is 20.5. The van der Waals surface area contributed by atoms with Gasteiger partial charge >= 0.3 is 5.97 Å². The number of ketones is 1. The van der Waals surface area contributed by atoms with Crippen LogP contribution in [0.25, 0.3) is 0 Å². The van der Waals surface area contributed by atoms with Crippen molar-refractivity contribution in [3.05, 3.63) is 0 Å². The normalized spacial score (nSPS) is 15.9. The Morgan fingerprint density at radius 3 is 2.10 bits per heavy atom. The Kier molecular flexibility index (Phi) is 2.51. The number of carboxylic acid groups (broad SMARTS) is 1. The van der Waals surface area contributed by atoms with E-state index < -0.39 is 17.4 Å². The summed E-state index contributed by atoms with van der Waals surface area (Å²) in [7, 11) is 0. The molecule has 0 amide bonds. The zero-order valence-electron chi connectivity index (χ0n) is 5.85. The maximum Gasteiger partial charge on any atom is 0.349 e. The molecule has 0 fully saturated rings. The smallest absolute Gasteiger partial charge is 0.349 e. The molecule has 0 aromatic carbocycles. The lowest BCUT2D eigenvalue weighted by Gasteiger charge is -2.10. The van der Waals surface area contributed by atoms with E-state index in [1.807, 2.05) is 0 Å². The first-order chi connectivity index (χ1) is 4.42. The van der Waals surface area contributed by atoms with Crippen LogP contribution >= 0.6 is 0 Å². The Labute approximate surface area is 57.8 Å². The third-order valence-corrected chi connectivity index (χ3v) is 1.25. The summed E-state index contributed by atoms with van der Waals surface area (Å²) in [5.74, 6) is -2.63. The minimum absolute atomic E-state index is 0.0979. The van der Waals surface area contributed by atoms with Gasteiger partial charge in [0.1, 0.15) is 0 Å². The van der Waals surface area contributed by atoms with Crippen LogP contribution in [0.2, 0.25) is 0 Å². The highest BCUT2D eigenvalue weighted by Crippen LogP contribution is 2.13. The number of rotatable bonds is 3. The molecule has 0 bridgehead atoms. The van der Waals surface area contributed by atoms with Gasteiger partial charge in [0, 0.05) is 6.42 Å². The fourth-order valence-corrected chi connectivity index (χ4v) is 0.451. The summed E-state index contributed by atoms with van der Waals surface area (Å²) in [6, 6.07) is 0. The highest BCUT2D eigenvalue weighted by atomic mass is 19.1. The van der Waals surface area contributed by atoms with E-state index in [1.165, 1.54) is 6.92 Å². The predicted octanol–water partition coefficient (Wildman–Crippen LogP) is 0.778.